The number of ether oxygens (including phenoxy) is 1. The quantitative estimate of drug-likeness (QED) is 0.701. The minimum atomic E-state index is -0.856. The Labute approximate surface area is 173 Å². The maximum absolute atomic E-state index is 11.8. The van der Waals surface area contributed by atoms with Crippen molar-refractivity contribution in [1.82, 2.24) is 0 Å². The summed E-state index contributed by atoms with van der Waals surface area (Å²) in [4.78, 5) is 14.0. The van der Waals surface area contributed by atoms with E-state index >= 15 is 0 Å². The van der Waals surface area contributed by atoms with Gasteiger partial charge in [-0.1, -0.05) is 31.0 Å². The van der Waals surface area contributed by atoms with Crippen LogP contribution in [0.2, 0.25) is 0 Å². The third kappa shape index (κ3) is 4.79. The molecule has 0 amide bonds. The molecule has 1 N–H and O–H groups in total. The number of rotatable bonds is 6. The van der Waals surface area contributed by atoms with Gasteiger partial charge in [-0.05, 0) is 66.5 Å². The van der Waals surface area contributed by atoms with E-state index in [2.05, 4.69) is 43.3 Å². The molecule has 2 aromatic rings. The highest BCUT2D eigenvalue weighted by Crippen LogP contribution is 2.42. The first kappa shape index (κ1) is 22.1. The van der Waals surface area contributed by atoms with Crippen molar-refractivity contribution in [1.29, 1.82) is 0 Å². The van der Waals surface area contributed by atoms with Crippen molar-refractivity contribution in [2.45, 2.75) is 38.0 Å². The molecule has 2 atom stereocenters. The fourth-order valence-electron chi connectivity index (χ4n) is 4.43. The maximum Gasteiger partial charge on any atom is 0.335 e. The van der Waals surface area contributed by atoms with Crippen LogP contribution in [0.4, 0.5) is 5.69 Å². The molecule has 5 heteroatoms. The van der Waals surface area contributed by atoms with E-state index in [-0.39, 0.29) is 18.3 Å². The van der Waals surface area contributed by atoms with Gasteiger partial charge in [-0.15, -0.1) is 12.4 Å². The Kier molecular flexibility index (Phi) is 7.76. The van der Waals surface area contributed by atoms with E-state index in [9.17, 15) is 9.90 Å². The van der Waals surface area contributed by atoms with Crippen molar-refractivity contribution in [2.75, 3.05) is 26.1 Å². The SMILES string of the molecule is COc1ccc(C(=O)O)c(C2CCCCC2Cc2ccccc2N(C)C)c1.Cl. The molecule has 0 radical (unpaired) electrons. The van der Waals surface area contributed by atoms with Gasteiger partial charge in [0.15, 0.2) is 0 Å². The standard InChI is InChI=1S/C23H29NO3.ClH/c1-24(2)22-11-7-5-9-17(22)14-16-8-4-6-10-19(16)21-15-18(27-3)12-13-20(21)23(25)26;/h5,7,9,11-13,15-16,19H,4,6,8,10,14H2,1-3H3,(H,25,26);1H. The lowest BCUT2D eigenvalue weighted by atomic mass is 9.71. The molecular formula is C23H30ClNO3. The summed E-state index contributed by atoms with van der Waals surface area (Å²) in [7, 11) is 5.77. The number of hydrogen-bond acceptors (Lipinski definition) is 3. The molecule has 0 heterocycles. The third-order valence-electron chi connectivity index (χ3n) is 5.75. The van der Waals surface area contributed by atoms with Gasteiger partial charge in [0.2, 0.25) is 0 Å². The molecule has 0 saturated heterocycles. The molecule has 152 valence electrons. The van der Waals surface area contributed by atoms with E-state index in [1.807, 2.05) is 6.07 Å². The van der Waals surface area contributed by atoms with Gasteiger partial charge in [0, 0.05) is 19.8 Å². The highest BCUT2D eigenvalue weighted by molar-refractivity contribution is 5.90. The minimum Gasteiger partial charge on any atom is -0.497 e. The molecule has 0 spiro atoms. The number of carboxylic acids is 1. The van der Waals surface area contributed by atoms with Gasteiger partial charge in [-0.25, -0.2) is 4.79 Å². The summed E-state index contributed by atoms with van der Waals surface area (Å²) >= 11 is 0. The largest absolute Gasteiger partial charge is 0.497 e. The maximum atomic E-state index is 11.8. The molecular weight excluding hydrogens is 374 g/mol. The summed E-state index contributed by atoms with van der Waals surface area (Å²) in [5.74, 6) is 0.555. The topological polar surface area (TPSA) is 49.8 Å². The normalized spacial score (nSPS) is 18.8. The number of hydrogen-bond donors (Lipinski definition) is 1. The molecule has 28 heavy (non-hydrogen) atoms. The van der Waals surface area contributed by atoms with Crippen molar-refractivity contribution in [3.8, 4) is 5.75 Å². The highest BCUT2D eigenvalue weighted by Gasteiger charge is 2.30. The lowest BCUT2D eigenvalue weighted by molar-refractivity contribution is 0.0694. The Balaban J connectivity index is 0.00000280. The number of carboxylic acid groups (broad SMARTS) is 1. The molecule has 2 aromatic carbocycles. The van der Waals surface area contributed by atoms with Gasteiger partial charge in [0.1, 0.15) is 5.75 Å². The van der Waals surface area contributed by atoms with Crippen molar-refractivity contribution >= 4 is 24.1 Å². The van der Waals surface area contributed by atoms with Crippen LogP contribution in [-0.2, 0) is 6.42 Å². The third-order valence-corrected chi connectivity index (χ3v) is 5.75. The summed E-state index contributed by atoms with van der Waals surface area (Å²) in [5.41, 5.74) is 3.91. The van der Waals surface area contributed by atoms with Gasteiger partial charge in [0.25, 0.3) is 0 Å². The second kappa shape index (κ2) is 9.83. The van der Waals surface area contributed by atoms with Gasteiger partial charge in [0.05, 0.1) is 12.7 Å². The first-order chi connectivity index (χ1) is 13.0. The Hall–Kier alpha value is -2.20. The van der Waals surface area contributed by atoms with Crippen LogP contribution in [0.1, 0.15) is 53.1 Å². The lowest BCUT2D eigenvalue weighted by Crippen LogP contribution is -2.23. The van der Waals surface area contributed by atoms with E-state index in [0.29, 0.717) is 11.5 Å². The van der Waals surface area contributed by atoms with E-state index in [0.717, 1.165) is 37.0 Å². The van der Waals surface area contributed by atoms with Crippen LogP contribution < -0.4 is 9.64 Å². The summed E-state index contributed by atoms with van der Waals surface area (Å²) < 4.78 is 5.38. The number of aromatic carboxylic acids is 1. The van der Waals surface area contributed by atoms with Crippen LogP contribution in [0.5, 0.6) is 5.75 Å². The lowest BCUT2D eigenvalue weighted by Gasteiger charge is -2.34. The predicted octanol–water partition coefficient (Wildman–Crippen LogP) is 5.40. The highest BCUT2D eigenvalue weighted by atomic mass is 35.5. The second-order valence-corrected chi connectivity index (χ2v) is 7.64. The van der Waals surface area contributed by atoms with Crippen LogP contribution in [0.3, 0.4) is 0 Å². The van der Waals surface area contributed by atoms with Crippen molar-refractivity contribution in [3.63, 3.8) is 0 Å². The van der Waals surface area contributed by atoms with Gasteiger partial charge >= 0.3 is 5.97 Å². The first-order valence-corrected chi connectivity index (χ1v) is 9.67. The fraction of sp³-hybridized carbons (Fsp3) is 0.435. The molecule has 1 saturated carbocycles. The Morgan fingerprint density at radius 2 is 1.86 bits per heavy atom. The van der Waals surface area contributed by atoms with E-state index in [4.69, 9.17) is 4.74 Å². The average Bonchev–Trinajstić information content (AvgIpc) is 2.68. The Morgan fingerprint density at radius 1 is 1.14 bits per heavy atom. The molecule has 0 bridgehead atoms. The number of methoxy groups -OCH3 is 1. The molecule has 0 aliphatic heterocycles. The first-order valence-electron chi connectivity index (χ1n) is 9.67. The summed E-state index contributed by atoms with van der Waals surface area (Å²) in [6.45, 7) is 0. The number of carbonyl (C=O) groups is 1. The van der Waals surface area contributed by atoms with Crippen LogP contribution in [0.15, 0.2) is 42.5 Å². The summed E-state index contributed by atoms with van der Waals surface area (Å²) in [6.07, 6.45) is 5.48. The van der Waals surface area contributed by atoms with Crippen molar-refractivity contribution < 1.29 is 14.6 Å². The smallest absolute Gasteiger partial charge is 0.335 e. The fourth-order valence-corrected chi connectivity index (χ4v) is 4.43. The average molecular weight is 404 g/mol. The van der Waals surface area contributed by atoms with E-state index in [1.165, 1.54) is 17.7 Å². The zero-order chi connectivity index (χ0) is 19.4. The number of nitrogens with zero attached hydrogens (tertiary/aromatic N) is 1. The molecule has 2 unspecified atom stereocenters. The Morgan fingerprint density at radius 3 is 2.54 bits per heavy atom. The summed E-state index contributed by atoms with van der Waals surface area (Å²) in [5, 5.41) is 9.71. The molecule has 1 fully saturated rings. The Bertz CT molecular complexity index is 806. The second-order valence-electron chi connectivity index (χ2n) is 7.64. The zero-order valence-electron chi connectivity index (χ0n) is 16.9. The number of benzene rings is 2. The molecule has 4 nitrogen and oxygen atoms in total. The number of halogens is 1. The van der Waals surface area contributed by atoms with Crippen LogP contribution >= 0.6 is 12.4 Å². The predicted molar refractivity (Wildman–Crippen MR) is 116 cm³/mol. The van der Waals surface area contributed by atoms with Gasteiger partial charge < -0.3 is 14.7 Å². The number of para-hydroxylation sites is 1. The van der Waals surface area contributed by atoms with Crippen LogP contribution in [-0.4, -0.2) is 32.3 Å². The van der Waals surface area contributed by atoms with E-state index in [1.54, 1.807) is 19.2 Å². The van der Waals surface area contributed by atoms with E-state index < -0.39 is 5.97 Å². The monoisotopic (exact) mass is 403 g/mol. The molecule has 3 rings (SSSR count). The minimum absolute atomic E-state index is 0. The summed E-state index contributed by atoms with van der Waals surface area (Å²) in [6, 6.07) is 13.9. The number of anilines is 1. The van der Waals surface area contributed by atoms with Crippen LogP contribution in [0.25, 0.3) is 0 Å². The zero-order valence-corrected chi connectivity index (χ0v) is 17.7. The van der Waals surface area contributed by atoms with Crippen molar-refractivity contribution in [2.24, 2.45) is 5.92 Å². The molecule has 0 aromatic heterocycles. The molecule has 1 aliphatic carbocycles. The van der Waals surface area contributed by atoms with Crippen molar-refractivity contribution in [3.05, 3.63) is 59.2 Å². The van der Waals surface area contributed by atoms with Gasteiger partial charge in [-0.2, -0.15) is 0 Å². The van der Waals surface area contributed by atoms with Crippen LogP contribution in [0, 0.1) is 5.92 Å². The van der Waals surface area contributed by atoms with Gasteiger partial charge in [-0.3, -0.25) is 0 Å². The molecule has 1 aliphatic rings.